The summed E-state index contributed by atoms with van der Waals surface area (Å²) in [5.74, 6) is -1.26. The van der Waals surface area contributed by atoms with E-state index in [-0.39, 0.29) is 48.4 Å². The molecule has 12 heteroatoms. The third-order valence-electron chi connectivity index (χ3n) is 10.5. The van der Waals surface area contributed by atoms with Gasteiger partial charge in [-0.2, -0.15) is 0 Å². The molecule has 2 aromatic heterocycles. The standard InChI is InChI=1S/C40H42ClN7O4/c1-42-39(51)33(14-8-11-25-9-4-2-5-10-25)46-38(50)32-24-47(36(49)17-27-19-43-34-18-29(41)15-16-30(27)34)21-28-22-48(23-31(28)32)40(52)35-20-44-37(45-35)26-12-6-3-7-13-26/h2-7,9-10,12-13,15-16,18-20,28,31-33,43H,8,11,14,17,21-24H2,1H3,(H,42,51)(H,44,45)(H,46,50)/t28?,31-,32?,33-/m0/s1. The highest BCUT2D eigenvalue weighted by Crippen LogP contribution is 2.37. The number of likely N-dealkylation sites (N-methyl/N-ethyl adjacent to an activating group) is 1. The van der Waals surface area contributed by atoms with Crippen molar-refractivity contribution < 1.29 is 19.2 Å². The second kappa shape index (κ2) is 15.4. The number of aryl methyl sites for hydroxylation is 1. The molecule has 4 amide bonds. The zero-order valence-corrected chi connectivity index (χ0v) is 29.7. The highest BCUT2D eigenvalue weighted by atomic mass is 35.5. The van der Waals surface area contributed by atoms with Gasteiger partial charge in [0.25, 0.3) is 5.91 Å². The number of benzene rings is 3. The molecule has 0 bridgehead atoms. The summed E-state index contributed by atoms with van der Waals surface area (Å²) in [6.07, 6.45) is 5.52. The monoisotopic (exact) mass is 719 g/mol. The molecule has 0 aliphatic carbocycles. The van der Waals surface area contributed by atoms with Crippen LogP contribution in [0, 0.1) is 17.8 Å². The van der Waals surface area contributed by atoms with Crippen molar-refractivity contribution in [2.45, 2.75) is 31.7 Å². The van der Waals surface area contributed by atoms with Gasteiger partial charge < -0.3 is 30.4 Å². The van der Waals surface area contributed by atoms with Crippen LogP contribution >= 0.6 is 11.6 Å². The van der Waals surface area contributed by atoms with Crippen LogP contribution in [0.5, 0.6) is 0 Å². The Morgan fingerprint density at radius 1 is 0.904 bits per heavy atom. The lowest BCUT2D eigenvalue weighted by Gasteiger charge is -2.40. The van der Waals surface area contributed by atoms with Crippen molar-refractivity contribution >= 4 is 46.1 Å². The average Bonchev–Trinajstić information content (AvgIpc) is 3.93. The number of hydrogen-bond acceptors (Lipinski definition) is 5. The third kappa shape index (κ3) is 7.60. The van der Waals surface area contributed by atoms with Gasteiger partial charge in [0.1, 0.15) is 17.6 Å². The van der Waals surface area contributed by atoms with Crippen molar-refractivity contribution in [3.05, 3.63) is 113 Å². The second-order valence-electron chi connectivity index (χ2n) is 13.8. The molecule has 0 saturated carbocycles. The highest BCUT2D eigenvalue weighted by Gasteiger charge is 2.48. The summed E-state index contributed by atoms with van der Waals surface area (Å²) in [6, 6.07) is 24.4. The van der Waals surface area contributed by atoms with Crippen LogP contribution in [-0.2, 0) is 27.2 Å². The first-order valence-corrected chi connectivity index (χ1v) is 18.1. The van der Waals surface area contributed by atoms with Gasteiger partial charge in [-0.3, -0.25) is 19.2 Å². The third-order valence-corrected chi connectivity index (χ3v) is 10.7. The van der Waals surface area contributed by atoms with Gasteiger partial charge in [-0.05, 0) is 54.4 Å². The zero-order valence-electron chi connectivity index (χ0n) is 29.0. The van der Waals surface area contributed by atoms with Crippen molar-refractivity contribution in [3.63, 3.8) is 0 Å². The fraction of sp³-hybridized carbons (Fsp3) is 0.325. The summed E-state index contributed by atoms with van der Waals surface area (Å²) in [5, 5.41) is 7.26. The molecule has 4 N–H and O–H groups in total. The Morgan fingerprint density at radius 3 is 2.42 bits per heavy atom. The normalized spacial score (nSPS) is 18.9. The summed E-state index contributed by atoms with van der Waals surface area (Å²) in [6.45, 7) is 1.33. The summed E-state index contributed by atoms with van der Waals surface area (Å²) in [4.78, 5) is 69.4. The SMILES string of the molecule is CNC(=O)[C@H](CCCc1ccccc1)NC(=O)C1CN(C(=O)Cc2c[nH]c3cc(Cl)ccc23)CC2CN(C(=O)c3c[nH]c(-c4ccccc4)n3)C[C@@H]21. The molecule has 2 fully saturated rings. The van der Waals surface area contributed by atoms with Gasteiger partial charge in [0.2, 0.25) is 17.7 Å². The molecule has 3 aromatic carbocycles. The number of hydrogen-bond donors (Lipinski definition) is 4. The number of nitrogens with zero attached hydrogens (tertiary/aromatic N) is 3. The quantitative estimate of drug-likeness (QED) is 0.154. The molecule has 11 nitrogen and oxygen atoms in total. The molecule has 0 spiro atoms. The van der Waals surface area contributed by atoms with Crippen LogP contribution in [0.15, 0.2) is 91.3 Å². The molecule has 52 heavy (non-hydrogen) atoms. The molecule has 268 valence electrons. The van der Waals surface area contributed by atoms with Gasteiger partial charge in [-0.15, -0.1) is 0 Å². The van der Waals surface area contributed by atoms with Crippen LogP contribution in [0.2, 0.25) is 5.02 Å². The molecular formula is C40H42ClN7O4. The fourth-order valence-corrected chi connectivity index (χ4v) is 7.89. The topological polar surface area (TPSA) is 143 Å². The maximum absolute atomic E-state index is 14.2. The number of H-pyrrole nitrogens is 2. The highest BCUT2D eigenvalue weighted by molar-refractivity contribution is 6.31. The van der Waals surface area contributed by atoms with Gasteiger partial charge >= 0.3 is 0 Å². The molecular weight excluding hydrogens is 678 g/mol. The van der Waals surface area contributed by atoms with Crippen molar-refractivity contribution in [1.82, 2.24) is 35.4 Å². The fourth-order valence-electron chi connectivity index (χ4n) is 7.72. The first-order chi connectivity index (χ1) is 25.3. The predicted octanol–water partition coefficient (Wildman–Crippen LogP) is 4.85. The van der Waals surface area contributed by atoms with Crippen LogP contribution < -0.4 is 10.6 Å². The van der Waals surface area contributed by atoms with E-state index < -0.39 is 12.0 Å². The molecule has 2 aliphatic rings. The van der Waals surface area contributed by atoms with Gasteiger partial charge in [0.15, 0.2) is 0 Å². The lowest BCUT2D eigenvalue weighted by molar-refractivity contribution is -0.140. The van der Waals surface area contributed by atoms with Crippen molar-refractivity contribution in [1.29, 1.82) is 0 Å². The van der Waals surface area contributed by atoms with Gasteiger partial charge in [-0.1, -0.05) is 78.3 Å². The average molecular weight is 720 g/mol. The summed E-state index contributed by atoms with van der Waals surface area (Å²) >= 11 is 6.18. The first-order valence-electron chi connectivity index (χ1n) is 17.8. The van der Waals surface area contributed by atoms with Crippen LogP contribution in [-0.4, -0.2) is 87.6 Å². The number of fused-ring (bicyclic) bond motifs is 2. The lowest BCUT2D eigenvalue weighted by atomic mass is 9.79. The van der Waals surface area contributed by atoms with Crippen molar-refractivity contribution in [2.24, 2.45) is 17.8 Å². The zero-order chi connectivity index (χ0) is 36.2. The van der Waals surface area contributed by atoms with Crippen molar-refractivity contribution in [3.8, 4) is 11.4 Å². The molecule has 5 aromatic rings. The van der Waals surface area contributed by atoms with E-state index in [0.29, 0.717) is 49.0 Å². The van der Waals surface area contributed by atoms with Gasteiger partial charge in [0, 0.05) is 67.1 Å². The van der Waals surface area contributed by atoms with Crippen LogP contribution in [0.1, 0.15) is 34.5 Å². The summed E-state index contributed by atoms with van der Waals surface area (Å²) in [7, 11) is 1.56. The number of halogens is 1. The number of aromatic amines is 2. The Balaban J connectivity index is 1.10. The molecule has 2 saturated heterocycles. The van der Waals surface area contributed by atoms with E-state index in [1.165, 1.54) is 0 Å². The van der Waals surface area contributed by atoms with Gasteiger partial charge in [0.05, 0.1) is 12.3 Å². The molecule has 4 heterocycles. The Morgan fingerprint density at radius 2 is 1.65 bits per heavy atom. The summed E-state index contributed by atoms with van der Waals surface area (Å²) < 4.78 is 0. The van der Waals surface area contributed by atoms with E-state index in [1.54, 1.807) is 29.1 Å². The lowest BCUT2D eigenvalue weighted by Crippen LogP contribution is -2.56. The van der Waals surface area contributed by atoms with E-state index in [9.17, 15) is 19.2 Å². The number of likely N-dealkylation sites (tertiary alicyclic amines) is 2. The molecule has 4 atom stereocenters. The van der Waals surface area contributed by atoms with E-state index in [2.05, 4.69) is 25.6 Å². The van der Waals surface area contributed by atoms with E-state index >= 15 is 0 Å². The molecule has 2 aliphatic heterocycles. The maximum Gasteiger partial charge on any atom is 0.274 e. The Kier molecular flexibility index (Phi) is 10.4. The van der Waals surface area contributed by atoms with Crippen LogP contribution in [0.4, 0.5) is 0 Å². The van der Waals surface area contributed by atoms with Crippen molar-refractivity contribution in [2.75, 3.05) is 33.2 Å². The minimum absolute atomic E-state index is 0.109. The first kappa shape index (κ1) is 35.0. The number of nitrogens with one attached hydrogen (secondary N) is 4. The maximum atomic E-state index is 14.2. The Labute approximate surface area is 307 Å². The number of rotatable bonds is 11. The van der Waals surface area contributed by atoms with Crippen LogP contribution in [0.3, 0.4) is 0 Å². The predicted molar refractivity (Wildman–Crippen MR) is 199 cm³/mol. The number of aromatic nitrogens is 3. The largest absolute Gasteiger partial charge is 0.361 e. The Bertz CT molecular complexity index is 2060. The second-order valence-corrected chi connectivity index (χ2v) is 14.2. The number of carbonyl (C=O) groups excluding carboxylic acids is 4. The smallest absolute Gasteiger partial charge is 0.274 e. The van der Waals surface area contributed by atoms with E-state index in [4.69, 9.17) is 11.6 Å². The number of imidazole rings is 1. The molecule has 0 radical (unpaired) electrons. The minimum Gasteiger partial charge on any atom is -0.361 e. The number of piperidine rings is 1. The summed E-state index contributed by atoms with van der Waals surface area (Å²) in [5.41, 5.74) is 4.01. The van der Waals surface area contributed by atoms with E-state index in [1.807, 2.05) is 79.0 Å². The number of amides is 4. The molecule has 7 rings (SSSR count). The molecule has 2 unspecified atom stereocenters. The van der Waals surface area contributed by atoms with Crippen LogP contribution in [0.25, 0.3) is 22.3 Å². The van der Waals surface area contributed by atoms with Gasteiger partial charge in [-0.25, -0.2) is 4.98 Å². The van der Waals surface area contributed by atoms with E-state index in [0.717, 1.165) is 34.0 Å². The number of carbonyl (C=O) groups is 4. The minimum atomic E-state index is -0.733. The Hall–Kier alpha value is -5.42.